The molecule has 0 amide bonds. The van der Waals surface area contributed by atoms with Crippen LogP contribution >= 0.6 is 0 Å². The Morgan fingerprint density at radius 2 is 2.12 bits per heavy atom. The minimum atomic E-state index is 0.721. The highest BCUT2D eigenvalue weighted by Gasteiger charge is 2.01. The predicted octanol–water partition coefficient (Wildman–Crippen LogP) is 2.07. The molecule has 1 rings (SSSR count). The lowest BCUT2D eigenvalue weighted by Gasteiger charge is -2.17. The second kappa shape index (κ2) is 7.41. The number of hydrogen-bond donors (Lipinski definition) is 1. The molecule has 0 fully saturated rings. The van der Waals surface area contributed by atoms with Gasteiger partial charge in [-0.2, -0.15) is 0 Å². The average Bonchev–Trinajstić information content (AvgIpc) is 2.24. The first-order valence-corrected chi connectivity index (χ1v) is 6.39. The summed E-state index contributed by atoms with van der Waals surface area (Å²) < 4.78 is 0. The van der Waals surface area contributed by atoms with E-state index in [1.807, 2.05) is 13.0 Å². The van der Waals surface area contributed by atoms with Gasteiger partial charge in [0.15, 0.2) is 0 Å². The van der Waals surface area contributed by atoms with Gasteiger partial charge in [-0.05, 0) is 38.6 Å². The van der Waals surface area contributed by atoms with E-state index in [2.05, 4.69) is 48.2 Å². The highest BCUT2D eigenvalue weighted by molar-refractivity contribution is 5.09. The fraction of sp³-hybridized carbons (Fsp3) is 0.643. The summed E-state index contributed by atoms with van der Waals surface area (Å²) in [6.07, 6.45) is 0. The molecule has 0 aliphatic rings. The van der Waals surface area contributed by atoms with Crippen molar-refractivity contribution >= 4 is 0 Å². The summed E-state index contributed by atoms with van der Waals surface area (Å²) >= 11 is 0. The number of likely N-dealkylation sites (N-methyl/N-ethyl adjacent to an activating group) is 1. The summed E-state index contributed by atoms with van der Waals surface area (Å²) in [5.41, 5.74) is 2.24. The summed E-state index contributed by atoms with van der Waals surface area (Å²) in [6.45, 7) is 10.6. The number of aromatic nitrogens is 1. The van der Waals surface area contributed by atoms with E-state index in [-0.39, 0.29) is 0 Å². The van der Waals surface area contributed by atoms with E-state index in [1.54, 1.807) is 0 Å². The summed E-state index contributed by atoms with van der Waals surface area (Å²) in [5.74, 6) is 0.721. The molecule has 0 aliphatic heterocycles. The maximum Gasteiger partial charge on any atom is 0.0547 e. The van der Waals surface area contributed by atoms with Gasteiger partial charge >= 0.3 is 0 Å². The lowest BCUT2D eigenvalue weighted by molar-refractivity contribution is 0.318. The molecule has 0 spiro atoms. The van der Waals surface area contributed by atoms with Crippen LogP contribution in [0.25, 0.3) is 0 Å². The zero-order chi connectivity index (χ0) is 12.7. The zero-order valence-corrected chi connectivity index (χ0v) is 11.5. The molecule has 1 N–H and O–H groups in total. The molecule has 96 valence electrons. The maximum absolute atomic E-state index is 4.51. The van der Waals surface area contributed by atoms with Crippen LogP contribution in [0, 0.1) is 12.8 Å². The maximum atomic E-state index is 4.51. The molecule has 1 aromatic rings. The van der Waals surface area contributed by atoms with Gasteiger partial charge in [0.1, 0.15) is 0 Å². The van der Waals surface area contributed by atoms with E-state index in [9.17, 15) is 0 Å². The second-order valence-corrected chi connectivity index (χ2v) is 5.11. The Kier molecular flexibility index (Phi) is 6.16. The minimum absolute atomic E-state index is 0.721. The Hall–Kier alpha value is -0.930. The highest BCUT2D eigenvalue weighted by Crippen LogP contribution is 2.01. The molecule has 0 unspecified atom stereocenters. The van der Waals surface area contributed by atoms with E-state index in [0.717, 1.165) is 43.5 Å². The fourth-order valence-electron chi connectivity index (χ4n) is 1.70. The molecule has 0 aliphatic carbocycles. The van der Waals surface area contributed by atoms with Crippen molar-refractivity contribution in [3.05, 3.63) is 29.6 Å². The molecular weight excluding hydrogens is 210 g/mol. The van der Waals surface area contributed by atoms with Crippen LogP contribution in [-0.4, -0.2) is 36.6 Å². The van der Waals surface area contributed by atoms with Gasteiger partial charge in [-0.1, -0.05) is 19.9 Å². The standard InChI is InChI=1S/C14H25N3/c1-12(2)10-15-8-9-17(4)11-14-7-5-6-13(3)16-14/h5-7,12,15H,8-11H2,1-4H3. The molecule has 0 saturated heterocycles. The van der Waals surface area contributed by atoms with Gasteiger partial charge in [-0.3, -0.25) is 9.88 Å². The lowest BCUT2D eigenvalue weighted by atomic mass is 10.2. The SMILES string of the molecule is Cc1cccc(CN(C)CCNCC(C)C)n1. The number of nitrogens with one attached hydrogen (secondary N) is 1. The highest BCUT2D eigenvalue weighted by atomic mass is 15.1. The molecule has 17 heavy (non-hydrogen) atoms. The normalized spacial score (nSPS) is 11.4. The Labute approximate surface area is 105 Å². The topological polar surface area (TPSA) is 28.2 Å². The first-order chi connectivity index (χ1) is 8.08. The molecule has 0 saturated carbocycles. The van der Waals surface area contributed by atoms with Gasteiger partial charge in [-0.25, -0.2) is 0 Å². The van der Waals surface area contributed by atoms with Gasteiger partial charge in [0.05, 0.1) is 5.69 Å². The third-order valence-electron chi connectivity index (χ3n) is 2.60. The average molecular weight is 235 g/mol. The van der Waals surface area contributed by atoms with Crippen LogP contribution in [-0.2, 0) is 6.54 Å². The summed E-state index contributed by atoms with van der Waals surface area (Å²) in [7, 11) is 2.14. The van der Waals surface area contributed by atoms with Crippen LogP contribution in [0.1, 0.15) is 25.2 Å². The molecule has 0 bridgehead atoms. The smallest absolute Gasteiger partial charge is 0.0547 e. The number of nitrogens with zero attached hydrogens (tertiary/aromatic N) is 2. The van der Waals surface area contributed by atoms with Crippen molar-refractivity contribution in [3.8, 4) is 0 Å². The summed E-state index contributed by atoms with van der Waals surface area (Å²) in [6, 6.07) is 6.20. The summed E-state index contributed by atoms with van der Waals surface area (Å²) in [5, 5.41) is 3.45. The van der Waals surface area contributed by atoms with Crippen molar-refractivity contribution in [2.24, 2.45) is 5.92 Å². The first kappa shape index (κ1) is 14.1. The fourth-order valence-corrected chi connectivity index (χ4v) is 1.70. The van der Waals surface area contributed by atoms with Crippen LogP contribution in [0.4, 0.5) is 0 Å². The molecule has 0 aromatic carbocycles. The van der Waals surface area contributed by atoms with Crippen LogP contribution in [0.15, 0.2) is 18.2 Å². The molecular formula is C14H25N3. The van der Waals surface area contributed by atoms with E-state index in [1.165, 1.54) is 0 Å². The van der Waals surface area contributed by atoms with Crippen LogP contribution in [0.2, 0.25) is 0 Å². The van der Waals surface area contributed by atoms with E-state index >= 15 is 0 Å². The minimum Gasteiger partial charge on any atom is -0.315 e. The van der Waals surface area contributed by atoms with Crippen molar-refractivity contribution in [3.63, 3.8) is 0 Å². The number of rotatable bonds is 7. The first-order valence-electron chi connectivity index (χ1n) is 6.39. The third kappa shape index (κ3) is 6.39. The van der Waals surface area contributed by atoms with Crippen LogP contribution < -0.4 is 5.32 Å². The van der Waals surface area contributed by atoms with Crippen molar-refractivity contribution in [2.75, 3.05) is 26.7 Å². The Balaban J connectivity index is 2.23. The van der Waals surface area contributed by atoms with Crippen molar-refractivity contribution in [2.45, 2.75) is 27.3 Å². The Morgan fingerprint density at radius 3 is 2.76 bits per heavy atom. The predicted molar refractivity (Wildman–Crippen MR) is 73.0 cm³/mol. The second-order valence-electron chi connectivity index (χ2n) is 5.11. The van der Waals surface area contributed by atoms with Gasteiger partial charge in [0, 0.05) is 25.3 Å². The zero-order valence-electron chi connectivity index (χ0n) is 11.5. The monoisotopic (exact) mass is 235 g/mol. The van der Waals surface area contributed by atoms with Gasteiger partial charge < -0.3 is 5.32 Å². The van der Waals surface area contributed by atoms with E-state index in [4.69, 9.17) is 0 Å². The molecule has 3 heteroatoms. The van der Waals surface area contributed by atoms with Crippen LogP contribution in [0.5, 0.6) is 0 Å². The third-order valence-corrected chi connectivity index (χ3v) is 2.60. The van der Waals surface area contributed by atoms with Gasteiger partial charge in [0.25, 0.3) is 0 Å². The lowest BCUT2D eigenvalue weighted by Crippen LogP contribution is -2.31. The van der Waals surface area contributed by atoms with E-state index < -0.39 is 0 Å². The molecule has 0 atom stereocenters. The van der Waals surface area contributed by atoms with Crippen molar-refractivity contribution in [1.29, 1.82) is 0 Å². The largest absolute Gasteiger partial charge is 0.315 e. The number of hydrogen-bond acceptors (Lipinski definition) is 3. The Bertz CT molecular complexity index is 323. The van der Waals surface area contributed by atoms with Crippen molar-refractivity contribution in [1.82, 2.24) is 15.2 Å². The molecule has 0 radical (unpaired) electrons. The number of aryl methyl sites for hydroxylation is 1. The molecule has 1 aromatic heterocycles. The summed E-state index contributed by atoms with van der Waals surface area (Å²) in [4.78, 5) is 6.81. The van der Waals surface area contributed by atoms with Crippen LogP contribution in [0.3, 0.4) is 0 Å². The van der Waals surface area contributed by atoms with Crippen molar-refractivity contribution < 1.29 is 0 Å². The quantitative estimate of drug-likeness (QED) is 0.733. The Morgan fingerprint density at radius 1 is 1.35 bits per heavy atom. The molecule has 1 heterocycles. The molecule has 3 nitrogen and oxygen atoms in total. The van der Waals surface area contributed by atoms with E-state index in [0.29, 0.717) is 0 Å². The van der Waals surface area contributed by atoms with Gasteiger partial charge in [-0.15, -0.1) is 0 Å². The number of pyridine rings is 1. The van der Waals surface area contributed by atoms with Gasteiger partial charge in [0.2, 0.25) is 0 Å².